The fraction of sp³-hybridized carbons (Fsp3) is 0.375. The van der Waals surface area contributed by atoms with Crippen molar-refractivity contribution < 1.29 is 5.11 Å². The molecule has 0 atom stereocenters. The highest BCUT2D eigenvalue weighted by Gasteiger charge is 2.07. The van der Waals surface area contributed by atoms with Crippen molar-refractivity contribution in [2.75, 3.05) is 19.0 Å². The minimum absolute atomic E-state index is 0.0738. The molecular weight excluding hydrogens is 182 g/mol. The molecule has 0 saturated carbocycles. The Balaban J connectivity index is 2.57. The van der Waals surface area contributed by atoms with E-state index in [1.54, 1.807) is 17.9 Å². The Morgan fingerprint density at radius 2 is 2.29 bits per heavy atom. The Morgan fingerprint density at radius 3 is 3.00 bits per heavy atom. The fourth-order valence-electron chi connectivity index (χ4n) is 1.33. The molecule has 2 aromatic rings. The number of nitrogens with one attached hydrogen (secondary N) is 1. The summed E-state index contributed by atoms with van der Waals surface area (Å²) in [6, 6.07) is 0. The third-order valence-corrected chi connectivity index (χ3v) is 1.98. The van der Waals surface area contributed by atoms with Gasteiger partial charge in [0, 0.05) is 13.6 Å². The van der Waals surface area contributed by atoms with E-state index in [0.29, 0.717) is 12.4 Å². The largest absolute Gasteiger partial charge is 0.395 e. The zero-order chi connectivity index (χ0) is 9.97. The van der Waals surface area contributed by atoms with Crippen LogP contribution in [0.4, 0.5) is 5.82 Å². The third-order valence-electron chi connectivity index (χ3n) is 1.98. The molecule has 2 N–H and O–H groups in total. The van der Waals surface area contributed by atoms with Gasteiger partial charge < -0.3 is 15.0 Å². The lowest BCUT2D eigenvalue weighted by molar-refractivity contribution is 0.277. The lowest BCUT2D eigenvalue weighted by atomic mass is 10.5. The van der Waals surface area contributed by atoms with Crippen LogP contribution in [-0.2, 0) is 6.54 Å². The molecule has 2 heterocycles. The number of aliphatic hydroxyl groups excluding tert-OH is 1. The zero-order valence-electron chi connectivity index (χ0n) is 7.80. The van der Waals surface area contributed by atoms with Crippen LogP contribution in [-0.4, -0.2) is 38.3 Å². The summed E-state index contributed by atoms with van der Waals surface area (Å²) >= 11 is 0. The summed E-state index contributed by atoms with van der Waals surface area (Å²) in [7, 11) is 1.78. The van der Waals surface area contributed by atoms with Gasteiger partial charge in [0.2, 0.25) is 0 Å². The van der Waals surface area contributed by atoms with Gasteiger partial charge in [0.15, 0.2) is 11.5 Å². The topological polar surface area (TPSA) is 75.9 Å². The van der Waals surface area contributed by atoms with Crippen molar-refractivity contribution >= 4 is 17.0 Å². The van der Waals surface area contributed by atoms with Crippen LogP contribution in [0.2, 0.25) is 0 Å². The van der Waals surface area contributed by atoms with Gasteiger partial charge in [0.25, 0.3) is 0 Å². The Labute approximate surface area is 80.6 Å². The van der Waals surface area contributed by atoms with Gasteiger partial charge >= 0.3 is 0 Å². The van der Waals surface area contributed by atoms with E-state index in [0.717, 1.165) is 11.2 Å². The first-order chi connectivity index (χ1) is 6.86. The molecule has 0 amide bonds. The Morgan fingerprint density at radius 1 is 1.43 bits per heavy atom. The fourth-order valence-corrected chi connectivity index (χ4v) is 1.33. The molecule has 6 nitrogen and oxygen atoms in total. The first-order valence-corrected chi connectivity index (χ1v) is 4.31. The Hall–Kier alpha value is -1.69. The maximum atomic E-state index is 8.82. The van der Waals surface area contributed by atoms with Crippen molar-refractivity contribution in [1.29, 1.82) is 0 Å². The summed E-state index contributed by atoms with van der Waals surface area (Å²) in [5, 5.41) is 11.8. The van der Waals surface area contributed by atoms with Crippen molar-refractivity contribution in [1.82, 2.24) is 19.5 Å². The molecule has 2 rings (SSSR count). The number of fused-ring (bicyclic) bond motifs is 1. The van der Waals surface area contributed by atoms with E-state index in [1.165, 1.54) is 6.33 Å². The van der Waals surface area contributed by atoms with Crippen molar-refractivity contribution in [3.05, 3.63) is 12.7 Å². The first-order valence-electron chi connectivity index (χ1n) is 4.31. The molecule has 14 heavy (non-hydrogen) atoms. The van der Waals surface area contributed by atoms with Crippen molar-refractivity contribution in [3.63, 3.8) is 0 Å². The predicted molar refractivity (Wildman–Crippen MR) is 52.0 cm³/mol. The van der Waals surface area contributed by atoms with Gasteiger partial charge in [0.1, 0.15) is 11.8 Å². The van der Waals surface area contributed by atoms with Gasteiger partial charge in [-0.2, -0.15) is 0 Å². The number of nitrogens with zero attached hydrogens (tertiary/aromatic N) is 4. The van der Waals surface area contributed by atoms with Crippen LogP contribution >= 0.6 is 0 Å². The summed E-state index contributed by atoms with van der Waals surface area (Å²) in [6.07, 6.45) is 3.13. The average molecular weight is 193 g/mol. The second-order valence-electron chi connectivity index (χ2n) is 2.81. The minimum atomic E-state index is 0.0738. The predicted octanol–water partition coefficient (Wildman–Crippen LogP) is -0.140. The lowest BCUT2D eigenvalue weighted by Crippen LogP contribution is -2.02. The number of anilines is 1. The molecule has 74 valence electrons. The molecule has 2 aromatic heterocycles. The molecule has 0 unspecified atom stereocenters. The molecule has 0 aliphatic rings. The lowest BCUT2D eigenvalue weighted by Gasteiger charge is -2.01. The average Bonchev–Trinajstić information content (AvgIpc) is 2.62. The molecular formula is C8H11N5O. The standard InChI is InChI=1S/C8H11N5O/c1-9-7-6-8(11-4-10-7)13(2-3-14)5-12-6/h4-5,14H,2-3H2,1H3,(H,9,10,11). The molecule has 0 aliphatic carbocycles. The van der Waals surface area contributed by atoms with Crippen LogP contribution in [0.25, 0.3) is 11.2 Å². The monoisotopic (exact) mass is 193 g/mol. The SMILES string of the molecule is CNc1ncnc2c1ncn2CCO. The van der Waals surface area contributed by atoms with E-state index in [4.69, 9.17) is 5.11 Å². The summed E-state index contributed by atoms with van der Waals surface area (Å²) in [4.78, 5) is 12.3. The van der Waals surface area contributed by atoms with E-state index >= 15 is 0 Å². The maximum absolute atomic E-state index is 8.82. The number of rotatable bonds is 3. The third kappa shape index (κ3) is 1.29. The van der Waals surface area contributed by atoms with Crippen LogP contribution in [0.3, 0.4) is 0 Å². The molecule has 0 bridgehead atoms. The second kappa shape index (κ2) is 3.59. The van der Waals surface area contributed by atoms with Gasteiger partial charge in [-0.3, -0.25) is 0 Å². The highest BCUT2D eigenvalue weighted by Crippen LogP contribution is 2.15. The van der Waals surface area contributed by atoms with Crippen LogP contribution in [0, 0.1) is 0 Å². The minimum Gasteiger partial charge on any atom is -0.395 e. The molecule has 0 aromatic carbocycles. The van der Waals surface area contributed by atoms with Crippen LogP contribution in [0.1, 0.15) is 0 Å². The summed E-state index contributed by atoms with van der Waals surface area (Å²) in [5.74, 6) is 0.701. The molecule has 0 radical (unpaired) electrons. The van der Waals surface area contributed by atoms with E-state index in [9.17, 15) is 0 Å². The Kier molecular flexibility index (Phi) is 2.28. The highest BCUT2D eigenvalue weighted by molar-refractivity contribution is 5.82. The van der Waals surface area contributed by atoms with E-state index in [1.807, 2.05) is 0 Å². The number of aromatic nitrogens is 4. The maximum Gasteiger partial charge on any atom is 0.165 e. The normalized spacial score (nSPS) is 10.7. The van der Waals surface area contributed by atoms with Crippen molar-refractivity contribution in [3.8, 4) is 0 Å². The summed E-state index contributed by atoms with van der Waals surface area (Å²) < 4.78 is 1.79. The van der Waals surface area contributed by atoms with Crippen LogP contribution in [0.5, 0.6) is 0 Å². The van der Waals surface area contributed by atoms with Crippen molar-refractivity contribution in [2.45, 2.75) is 6.54 Å². The van der Waals surface area contributed by atoms with Gasteiger partial charge in [-0.25, -0.2) is 15.0 Å². The molecule has 0 fully saturated rings. The van der Waals surface area contributed by atoms with E-state index in [-0.39, 0.29) is 6.61 Å². The molecule has 0 aliphatic heterocycles. The zero-order valence-corrected chi connectivity index (χ0v) is 7.80. The second-order valence-corrected chi connectivity index (χ2v) is 2.81. The smallest absolute Gasteiger partial charge is 0.165 e. The summed E-state index contributed by atoms with van der Waals surface area (Å²) in [5.41, 5.74) is 1.46. The van der Waals surface area contributed by atoms with Crippen LogP contribution in [0.15, 0.2) is 12.7 Å². The summed E-state index contributed by atoms with van der Waals surface area (Å²) in [6.45, 7) is 0.570. The molecule has 0 saturated heterocycles. The van der Waals surface area contributed by atoms with Gasteiger partial charge in [-0.1, -0.05) is 0 Å². The van der Waals surface area contributed by atoms with Gasteiger partial charge in [-0.05, 0) is 0 Å². The quantitative estimate of drug-likeness (QED) is 0.709. The number of hydrogen-bond acceptors (Lipinski definition) is 5. The van der Waals surface area contributed by atoms with Crippen molar-refractivity contribution in [2.24, 2.45) is 0 Å². The van der Waals surface area contributed by atoms with Gasteiger partial charge in [-0.15, -0.1) is 0 Å². The van der Waals surface area contributed by atoms with E-state index in [2.05, 4.69) is 20.3 Å². The number of imidazole rings is 1. The molecule has 6 heteroatoms. The number of hydrogen-bond donors (Lipinski definition) is 2. The van der Waals surface area contributed by atoms with Crippen LogP contribution < -0.4 is 5.32 Å². The van der Waals surface area contributed by atoms with Gasteiger partial charge in [0.05, 0.1) is 12.9 Å². The van der Waals surface area contributed by atoms with E-state index < -0.39 is 0 Å². The Bertz CT molecular complexity index is 438. The molecule has 0 spiro atoms. The number of aliphatic hydroxyl groups is 1. The first kappa shape index (κ1) is 8.89. The highest BCUT2D eigenvalue weighted by atomic mass is 16.3.